The summed E-state index contributed by atoms with van der Waals surface area (Å²) in [6, 6.07) is 11.5. The van der Waals surface area contributed by atoms with E-state index < -0.39 is 0 Å². The third-order valence-electron chi connectivity index (χ3n) is 4.60. The summed E-state index contributed by atoms with van der Waals surface area (Å²) in [5, 5.41) is 6.54. The first kappa shape index (κ1) is 20.3. The van der Waals surface area contributed by atoms with Crippen molar-refractivity contribution in [1.29, 1.82) is 0 Å². The van der Waals surface area contributed by atoms with Crippen molar-refractivity contribution in [3.05, 3.63) is 89.3 Å². The lowest BCUT2D eigenvalue weighted by atomic mass is 10.1. The van der Waals surface area contributed by atoms with Crippen molar-refractivity contribution in [2.75, 3.05) is 0 Å². The molecule has 4 aromatic rings. The maximum absolute atomic E-state index is 14.5. The molecule has 0 saturated heterocycles. The lowest BCUT2D eigenvalue weighted by Crippen LogP contribution is -2.22. The number of halogens is 1. The number of aryl methyl sites for hydroxylation is 2. The van der Waals surface area contributed by atoms with Gasteiger partial charge in [0.05, 0.1) is 5.69 Å². The molecule has 0 aliphatic carbocycles. The van der Waals surface area contributed by atoms with Gasteiger partial charge in [-0.15, -0.1) is 0 Å². The third-order valence-corrected chi connectivity index (χ3v) is 4.60. The number of rotatable bonds is 7. The van der Waals surface area contributed by atoms with Crippen molar-refractivity contribution < 1.29 is 18.4 Å². The van der Waals surface area contributed by atoms with Gasteiger partial charge in [0.1, 0.15) is 17.4 Å². The molecule has 1 amide bonds. The summed E-state index contributed by atoms with van der Waals surface area (Å²) >= 11 is 0. The molecule has 0 fully saturated rings. The first-order valence-electron chi connectivity index (χ1n) is 9.58. The largest absolute Gasteiger partial charge is 0.485 e. The number of carbonyl (C=O) groups is 1. The van der Waals surface area contributed by atoms with Gasteiger partial charge in [-0.2, -0.15) is 4.98 Å². The smallest absolute Gasteiger partial charge is 0.251 e. The number of hydrogen-bond donors (Lipinski definition) is 1. The predicted octanol–water partition coefficient (Wildman–Crippen LogP) is 3.52. The van der Waals surface area contributed by atoms with Crippen LogP contribution in [0, 0.1) is 19.7 Å². The maximum atomic E-state index is 14.5. The molecule has 2 aromatic carbocycles. The van der Waals surface area contributed by atoms with Gasteiger partial charge in [0.25, 0.3) is 5.91 Å². The Bertz CT molecular complexity index is 1200. The molecule has 0 bridgehead atoms. The predicted molar refractivity (Wildman–Crippen MR) is 109 cm³/mol. The zero-order chi connectivity index (χ0) is 21.8. The van der Waals surface area contributed by atoms with E-state index in [0.29, 0.717) is 40.1 Å². The van der Waals surface area contributed by atoms with E-state index in [1.165, 1.54) is 6.07 Å². The summed E-state index contributed by atoms with van der Waals surface area (Å²) in [7, 11) is 0. The van der Waals surface area contributed by atoms with Crippen LogP contribution in [0.1, 0.15) is 33.5 Å². The number of hydrogen-bond acceptors (Lipinski definition) is 6. The lowest BCUT2D eigenvalue weighted by Gasteiger charge is -2.10. The zero-order valence-electron chi connectivity index (χ0n) is 17.0. The van der Waals surface area contributed by atoms with E-state index in [0.717, 1.165) is 0 Å². The first-order chi connectivity index (χ1) is 15.0. The van der Waals surface area contributed by atoms with Crippen LogP contribution in [-0.4, -0.2) is 25.6 Å². The molecule has 0 atom stereocenters. The van der Waals surface area contributed by atoms with E-state index in [4.69, 9.17) is 9.26 Å². The van der Waals surface area contributed by atoms with E-state index in [-0.39, 0.29) is 24.9 Å². The quantitative estimate of drug-likeness (QED) is 0.491. The second kappa shape index (κ2) is 8.78. The fraction of sp³-hybridized carbons (Fsp3) is 0.182. The molecule has 2 heterocycles. The second-order valence-electron chi connectivity index (χ2n) is 6.86. The molecule has 0 aliphatic heterocycles. The van der Waals surface area contributed by atoms with E-state index >= 15 is 0 Å². The highest BCUT2D eigenvalue weighted by Crippen LogP contribution is 2.17. The fourth-order valence-electron chi connectivity index (χ4n) is 3.02. The Labute approximate surface area is 177 Å². The highest BCUT2D eigenvalue weighted by Gasteiger charge is 2.10. The molecular formula is C22H20FN5O3. The van der Waals surface area contributed by atoms with Gasteiger partial charge in [0.2, 0.25) is 11.7 Å². The summed E-state index contributed by atoms with van der Waals surface area (Å²) < 4.78 is 26.6. The van der Waals surface area contributed by atoms with Crippen LogP contribution >= 0.6 is 0 Å². The highest BCUT2D eigenvalue weighted by molar-refractivity contribution is 5.94. The Morgan fingerprint density at radius 2 is 2.00 bits per heavy atom. The number of nitrogens with zero attached hydrogens (tertiary/aromatic N) is 4. The number of imidazole rings is 1. The highest BCUT2D eigenvalue weighted by atomic mass is 19.1. The summed E-state index contributed by atoms with van der Waals surface area (Å²) in [4.78, 5) is 20.6. The van der Waals surface area contributed by atoms with Crippen LogP contribution in [0.2, 0.25) is 0 Å². The van der Waals surface area contributed by atoms with E-state index in [1.54, 1.807) is 67.2 Å². The van der Waals surface area contributed by atoms with Gasteiger partial charge in [0.15, 0.2) is 6.61 Å². The van der Waals surface area contributed by atoms with E-state index in [1.807, 2.05) is 0 Å². The molecule has 1 N–H and O–H groups in total. The van der Waals surface area contributed by atoms with Crippen molar-refractivity contribution in [3.63, 3.8) is 0 Å². The third kappa shape index (κ3) is 4.77. The Morgan fingerprint density at radius 3 is 2.65 bits per heavy atom. The minimum Gasteiger partial charge on any atom is -0.485 e. The number of aromatic nitrogens is 4. The molecule has 0 saturated carbocycles. The molecule has 0 aliphatic rings. The summed E-state index contributed by atoms with van der Waals surface area (Å²) in [6.07, 6.45) is 3.32. The zero-order valence-corrected chi connectivity index (χ0v) is 17.0. The molecule has 0 spiro atoms. The lowest BCUT2D eigenvalue weighted by molar-refractivity contribution is 0.0951. The van der Waals surface area contributed by atoms with Crippen molar-refractivity contribution >= 4 is 5.91 Å². The average Bonchev–Trinajstić information content (AvgIpc) is 3.39. The van der Waals surface area contributed by atoms with E-state index in [2.05, 4.69) is 20.4 Å². The molecule has 158 valence electrons. The molecular weight excluding hydrogens is 401 g/mol. The second-order valence-corrected chi connectivity index (χ2v) is 6.86. The van der Waals surface area contributed by atoms with Crippen molar-refractivity contribution in [3.8, 4) is 11.4 Å². The summed E-state index contributed by atoms with van der Waals surface area (Å²) in [5.74, 6) is 1.53. The normalized spacial score (nSPS) is 10.8. The Kier molecular flexibility index (Phi) is 5.74. The maximum Gasteiger partial charge on any atom is 0.251 e. The summed E-state index contributed by atoms with van der Waals surface area (Å²) in [6.45, 7) is 3.88. The average molecular weight is 421 g/mol. The van der Waals surface area contributed by atoms with Gasteiger partial charge in [-0.25, -0.2) is 9.37 Å². The molecule has 31 heavy (non-hydrogen) atoms. The molecule has 0 unspecified atom stereocenters. The van der Waals surface area contributed by atoms with Crippen LogP contribution in [0.25, 0.3) is 5.69 Å². The number of ether oxygens (including phenoxy) is 1. The van der Waals surface area contributed by atoms with Crippen LogP contribution in [0.4, 0.5) is 4.39 Å². The standard InChI is InChI=1S/C22H20FN5O3/c1-14-24-9-10-28(14)20-8-3-16(11-19(20)23)12-25-22(29)17-4-6-18(7-5-17)30-13-21-26-15(2)31-27-21/h3-11H,12-13H2,1-2H3,(H,25,29). The van der Waals surface area contributed by atoms with Gasteiger partial charge in [-0.3, -0.25) is 4.79 Å². The Balaban J connectivity index is 1.33. The van der Waals surface area contributed by atoms with Crippen LogP contribution < -0.4 is 10.1 Å². The SMILES string of the molecule is Cc1nc(COc2ccc(C(=O)NCc3ccc(-n4ccnc4C)c(F)c3)cc2)no1. The van der Waals surface area contributed by atoms with Crippen molar-refractivity contribution in [1.82, 2.24) is 25.0 Å². The molecule has 9 heteroatoms. The molecule has 2 aromatic heterocycles. The van der Waals surface area contributed by atoms with Crippen LogP contribution in [0.15, 0.2) is 59.4 Å². The van der Waals surface area contributed by atoms with E-state index in [9.17, 15) is 9.18 Å². The fourth-order valence-corrected chi connectivity index (χ4v) is 3.02. The number of nitrogens with one attached hydrogen (secondary N) is 1. The Hall–Kier alpha value is -4.01. The van der Waals surface area contributed by atoms with Gasteiger partial charge >= 0.3 is 0 Å². The van der Waals surface area contributed by atoms with Crippen LogP contribution in [0.3, 0.4) is 0 Å². The van der Waals surface area contributed by atoms with Crippen LogP contribution in [0.5, 0.6) is 5.75 Å². The number of amides is 1. The van der Waals surface area contributed by atoms with Gasteiger partial charge in [-0.1, -0.05) is 11.2 Å². The van der Waals surface area contributed by atoms with Gasteiger partial charge in [0, 0.05) is 31.4 Å². The summed E-state index contributed by atoms with van der Waals surface area (Å²) in [5.41, 5.74) is 1.54. The minimum atomic E-state index is -0.383. The monoisotopic (exact) mass is 421 g/mol. The molecule has 4 rings (SSSR count). The van der Waals surface area contributed by atoms with Crippen molar-refractivity contribution in [2.45, 2.75) is 27.0 Å². The molecule has 0 radical (unpaired) electrons. The van der Waals surface area contributed by atoms with Gasteiger partial charge < -0.3 is 19.1 Å². The van der Waals surface area contributed by atoms with Crippen molar-refractivity contribution in [2.24, 2.45) is 0 Å². The molecule has 8 nitrogen and oxygen atoms in total. The topological polar surface area (TPSA) is 95.1 Å². The number of carbonyl (C=O) groups excluding carboxylic acids is 1. The Morgan fingerprint density at radius 1 is 1.19 bits per heavy atom. The van der Waals surface area contributed by atoms with Gasteiger partial charge in [-0.05, 0) is 48.9 Å². The first-order valence-corrected chi connectivity index (χ1v) is 9.58. The van der Waals surface area contributed by atoms with Crippen LogP contribution in [-0.2, 0) is 13.2 Å². The minimum absolute atomic E-state index is 0.170. The number of benzene rings is 2.